The number of para-hydroxylation sites is 1. The van der Waals surface area contributed by atoms with Crippen molar-refractivity contribution in [2.75, 3.05) is 30.5 Å². The number of nitrogens with one attached hydrogen (secondary N) is 1. The Morgan fingerprint density at radius 1 is 1.29 bits per heavy atom. The molecule has 0 atom stereocenters. The molecular formula is C15H25ClN2O2S. The Labute approximate surface area is 133 Å². The Balaban J connectivity index is 2.94. The van der Waals surface area contributed by atoms with Crippen LogP contribution in [0.1, 0.15) is 26.3 Å². The minimum absolute atomic E-state index is 0.00488. The van der Waals surface area contributed by atoms with Gasteiger partial charge in [0, 0.05) is 31.9 Å². The van der Waals surface area contributed by atoms with Gasteiger partial charge in [-0.2, -0.15) is 0 Å². The van der Waals surface area contributed by atoms with Crippen LogP contribution in [-0.4, -0.2) is 39.6 Å². The molecule has 1 N–H and O–H groups in total. The number of nitrogens with zero attached hydrogens (tertiary/aromatic N) is 1. The topological polar surface area (TPSA) is 49.4 Å². The van der Waals surface area contributed by atoms with Crippen LogP contribution in [0.2, 0.25) is 5.02 Å². The predicted molar refractivity (Wildman–Crippen MR) is 91.0 cm³/mol. The Hall–Kier alpha value is -0.780. The summed E-state index contributed by atoms with van der Waals surface area (Å²) in [5.74, 6) is 0.112. The lowest BCUT2D eigenvalue weighted by molar-refractivity contribution is 0.424. The summed E-state index contributed by atoms with van der Waals surface area (Å²) >= 11 is 6.31. The van der Waals surface area contributed by atoms with Crippen LogP contribution < -0.4 is 10.2 Å². The van der Waals surface area contributed by atoms with Gasteiger partial charge in [-0.1, -0.05) is 23.7 Å². The zero-order valence-electron chi connectivity index (χ0n) is 13.4. The fourth-order valence-electron chi connectivity index (χ4n) is 1.91. The molecule has 0 saturated heterocycles. The van der Waals surface area contributed by atoms with E-state index in [1.165, 1.54) is 6.26 Å². The maximum atomic E-state index is 11.3. The Bertz CT molecular complexity index is 580. The Kier molecular flexibility index (Phi) is 6.08. The van der Waals surface area contributed by atoms with Gasteiger partial charge in [-0.25, -0.2) is 8.42 Å². The van der Waals surface area contributed by atoms with Crippen LogP contribution in [0.3, 0.4) is 0 Å². The van der Waals surface area contributed by atoms with Crippen molar-refractivity contribution >= 4 is 27.1 Å². The van der Waals surface area contributed by atoms with Crippen LogP contribution in [0.5, 0.6) is 0 Å². The van der Waals surface area contributed by atoms with E-state index in [1.54, 1.807) is 0 Å². The Morgan fingerprint density at radius 2 is 1.90 bits per heavy atom. The molecule has 0 aliphatic heterocycles. The third-order valence-electron chi connectivity index (χ3n) is 3.06. The van der Waals surface area contributed by atoms with Crippen molar-refractivity contribution in [1.29, 1.82) is 0 Å². The molecule has 0 spiro atoms. The first-order valence-electron chi connectivity index (χ1n) is 6.91. The highest BCUT2D eigenvalue weighted by atomic mass is 35.5. The smallest absolute Gasteiger partial charge is 0.149 e. The van der Waals surface area contributed by atoms with Gasteiger partial charge < -0.3 is 10.2 Å². The normalized spacial score (nSPS) is 12.5. The van der Waals surface area contributed by atoms with E-state index < -0.39 is 9.84 Å². The molecule has 1 aromatic carbocycles. The van der Waals surface area contributed by atoms with E-state index in [1.807, 2.05) is 30.1 Å². The molecule has 0 saturated carbocycles. The molecule has 0 amide bonds. The monoisotopic (exact) mass is 332 g/mol. The summed E-state index contributed by atoms with van der Waals surface area (Å²) < 4.78 is 22.6. The third kappa shape index (κ3) is 6.68. The first kappa shape index (κ1) is 18.3. The van der Waals surface area contributed by atoms with Crippen LogP contribution >= 0.6 is 11.6 Å². The Morgan fingerprint density at radius 3 is 2.43 bits per heavy atom. The maximum Gasteiger partial charge on any atom is 0.149 e. The number of anilines is 1. The van der Waals surface area contributed by atoms with Crippen molar-refractivity contribution in [2.45, 2.75) is 32.9 Å². The molecule has 21 heavy (non-hydrogen) atoms. The van der Waals surface area contributed by atoms with Gasteiger partial charge in [0.25, 0.3) is 0 Å². The second-order valence-corrected chi connectivity index (χ2v) is 9.07. The largest absolute Gasteiger partial charge is 0.372 e. The second-order valence-electron chi connectivity index (χ2n) is 6.40. The van der Waals surface area contributed by atoms with Gasteiger partial charge in [-0.05, 0) is 32.4 Å². The van der Waals surface area contributed by atoms with Crippen LogP contribution in [0.4, 0.5) is 5.69 Å². The van der Waals surface area contributed by atoms with Gasteiger partial charge >= 0.3 is 0 Å². The fraction of sp³-hybridized carbons (Fsp3) is 0.600. The highest BCUT2D eigenvalue weighted by Gasteiger charge is 2.15. The van der Waals surface area contributed by atoms with Gasteiger partial charge in [0.15, 0.2) is 0 Å². The summed E-state index contributed by atoms with van der Waals surface area (Å²) in [6, 6.07) is 5.75. The van der Waals surface area contributed by atoms with E-state index in [-0.39, 0.29) is 11.3 Å². The maximum absolute atomic E-state index is 11.3. The van der Waals surface area contributed by atoms with Crippen molar-refractivity contribution in [3.8, 4) is 0 Å². The number of rotatable bonds is 6. The summed E-state index contributed by atoms with van der Waals surface area (Å²) in [5, 5.41) is 4.07. The van der Waals surface area contributed by atoms with Crippen LogP contribution in [0.25, 0.3) is 0 Å². The quantitative estimate of drug-likeness (QED) is 0.870. The molecule has 0 aromatic heterocycles. The summed E-state index contributed by atoms with van der Waals surface area (Å²) in [5.41, 5.74) is 1.96. The number of halogens is 1. The average molecular weight is 333 g/mol. The van der Waals surface area contributed by atoms with Gasteiger partial charge in [0.1, 0.15) is 9.84 Å². The van der Waals surface area contributed by atoms with E-state index in [2.05, 4.69) is 26.1 Å². The summed E-state index contributed by atoms with van der Waals surface area (Å²) in [4.78, 5) is 1.91. The number of benzene rings is 1. The molecule has 0 unspecified atom stereocenters. The third-order valence-corrected chi connectivity index (χ3v) is 4.29. The molecular weight excluding hydrogens is 308 g/mol. The van der Waals surface area contributed by atoms with E-state index in [0.717, 1.165) is 11.3 Å². The lowest BCUT2D eigenvalue weighted by Gasteiger charge is -2.26. The van der Waals surface area contributed by atoms with Crippen molar-refractivity contribution in [3.63, 3.8) is 0 Å². The van der Waals surface area contributed by atoms with Gasteiger partial charge in [-0.3, -0.25) is 0 Å². The first-order chi connectivity index (χ1) is 9.49. The van der Waals surface area contributed by atoms with E-state index >= 15 is 0 Å². The SMILES string of the molecule is CN(CCS(C)(=O)=O)c1c(Cl)cccc1CNC(C)(C)C. The van der Waals surface area contributed by atoms with Gasteiger partial charge in [-0.15, -0.1) is 0 Å². The van der Waals surface area contributed by atoms with E-state index in [4.69, 9.17) is 11.6 Å². The number of hydrogen-bond donors (Lipinski definition) is 1. The minimum Gasteiger partial charge on any atom is -0.372 e. The van der Waals surface area contributed by atoms with Crippen molar-refractivity contribution in [3.05, 3.63) is 28.8 Å². The molecule has 0 radical (unpaired) electrons. The van der Waals surface area contributed by atoms with Crippen molar-refractivity contribution < 1.29 is 8.42 Å². The lowest BCUT2D eigenvalue weighted by Crippen LogP contribution is -2.36. The van der Waals surface area contributed by atoms with Crippen molar-refractivity contribution in [2.24, 2.45) is 0 Å². The average Bonchev–Trinajstić information content (AvgIpc) is 2.31. The highest BCUT2D eigenvalue weighted by Crippen LogP contribution is 2.29. The van der Waals surface area contributed by atoms with E-state index in [9.17, 15) is 8.42 Å². The number of sulfone groups is 1. The van der Waals surface area contributed by atoms with Crippen LogP contribution in [0.15, 0.2) is 18.2 Å². The van der Waals surface area contributed by atoms with Crippen LogP contribution in [0, 0.1) is 0 Å². The summed E-state index contributed by atoms with van der Waals surface area (Å²) in [6.45, 7) is 7.41. The second kappa shape index (κ2) is 6.99. The summed E-state index contributed by atoms with van der Waals surface area (Å²) in [6.07, 6.45) is 1.25. The first-order valence-corrected chi connectivity index (χ1v) is 9.35. The van der Waals surface area contributed by atoms with E-state index in [0.29, 0.717) is 18.1 Å². The number of hydrogen-bond acceptors (Lipinski definition) is 4. The zero-order valence-corrected chi connectivity index (χ0v) is 15.0. The molecule has 0 heterocycles. The molecule has 1 rings (SSSR count). The molecule has 4 nitrogen and oxygen atoms in total. The van der Waals surface area contributed by atoms with Gasteiger partial charge in [0.05, 0.1) is 16.5 Å². The van der Waals surface area contributed by atoms with Crippen LogP contribution in [-0.2, 0) is 16.4 Å². The zero-order chi connectivity index (χ0) is 16.3. The molecule has 0 bridgehead atoms. The molecule has 0 aliphatic carbocycles. The van der Waals surface area contributed by atoms with Gasteiger partial charge in [0.2, 0.25) is 0 Å². The fourth-order valence-corrected chi connectivity index (χ4v) is 2.85. The predicted octanol–water partition coefficient (Wildman–Crippen LogP) is 2.71. The molecule has 0 fully saturated rings. The standard InChI is InChI=1S/C15H25ClN2O2S/c1-15(2,3)17-11-12-7-6-8-13(16)14(12)18(4)9-10-21(5,19)20/h6-8,17H,9-11H2,1-5H3. The molecule has 120 valence electrons. The summed E-state index contributed by atoms with van der Waals surface area (Å²) in [7, 11) is -1.12. The molecule has 0 aliphatic rings. The van der Waals surface area contributed by atoms with Crippen molar-refractivity contribution in [1.82, 2.24) is 5.32 Å². The lowest BCUT2D eigenvalue weighted by atomic mass is 10.1. The minimum atomic E-state index is -2.99. The molecule has 1 aromatic rings. The molecule has 6 heteroatoms. The highest BCUT2D eigenvalue weighted by molar-refractivity contribution is 7.90.